The maximum atomic E-state index is 12.1. The molecule has 2 fully saturated rings. The monoisotopic (exact) mass is 267 g/mol. The number of ether oxygens (including phenoxy) is 1. The summed E-state index contributed by atoms with van der Waals surface area (Å²) in [6.45, 7) is 8.78. The summed E-state index contributed by atoms with van der Waals surface area (Å²) in [5, 5.41) is 0. The van der Waals surface area contributed by atoms with Crippen molar-refractivity contribution in [2.75, 3.05) is 13.6 Å². The molecule has 0 amide bonds. The van der Waals surface area contributed by atoms with Gasteiger partial charge in [-0.15, -0.1) is 0 Å². The highest BCUT2D eigenvalue weighted by atomic mass is 16.6. The first-order valence-electron chi connectivity index (χ1n) is 7.69. The van der Waals surface area contributed by atoms with Crippen LogP contribution in [0.15, 0.2) is 0 Å². The van der Waals surface area contributed by atoms with E-state index in [1.807, 2.05) is 27.7 Å². The quantitative estimate of drug-likeness (QED) is 0.733. The lowest BCUT2D eigenvalue weighted by atomic mass is 9.88. The van der Waals surface area contributed by atoms with E-state index in [9.17, 15) is 4.79 Å². The highest BCUT2D eigenvalue weighted by Crippen LogP contribution is 2.48. The predicted molar refractivity (Wildman–Crippen MR) is 76.9 cm³/mol. The van der Waals surface area contributed by atoms with Crippen molar-refractivity contribution in [2.24, 2.45) is 17.8 Å². The summed E-state index contributed by atoms with van der Waals surface area (Å²) in [4.78, 5) is 14.2. The SMILES string of the molecule is CC(C(=O)OC(C)(C)C)N(C)CC1CC2CCC1C2. The van der Waals surface area contributed by atoms with Crippen LogP contribution in [0.3, 0.4) is 0 Å². The van der Waals surface area contributed by atoms with Crippen molar-refractivity contribution in [3.8, 4) is 0 Å². The first-order valence-corrected chi connectivity index (χ1v) is 7.69. The van der Waals surface area contributed by atoms with Crippen LogP contribution < -0.4 is 0 Å². The summed E-state index contributed by atoms with van der Waals surface area (Å²) in [7, 11) is 2.06. The van der Waals surface area contributed by atoms with Crippen LogP contribution in [0.1, 0.15) is 53.4 Å². The van der Waals surface area contributed by atoms with Gasteiger partial charge < -0.3 is 4.74 Å². The van der Waals surface area contributed by atoms with Gasteiger partial charge in [0.05, 0.1) is 0 Å². The van der Waals surface area contributed by atoms with Crippen LogP contribution in [-0.4, -0.2) is 36.1 Å². The molecule has 4 unspecified atom stereocenters. The molecule has 0 aliphatic heterocycles. The Labute approximate surface area is 117 Å². The molecule has 19 heavy (non-hydrogen) atoms. The van der Waals surface area contributed by atoms with Gasteiger partial charge in [-0.3, -0.25) is 9.69 Å². The molecule has 0 saturated heterocycles. The molecule has 0 aromatic heterocycles. The topological polar surface area (TPSA) is 29.5 Å². The lowest BCUT2D eigenvalue weighted by Gasteiger charge is -2.31. The summed E-state index contributed by atoms with van der Waals surface area (Å²) in [6.07, 6.45) is 5.64. The number of likely N-dealkylation sites (N-methyl/N-ethyl adjacent to an activating group) is 1. The molecule has 3 nitrogen and oxygen atoms in total. The maximum absolute atomic E-state index is 12.1. The zero-order chi connectivity index (χ0) is 14.2. The molecule has 2 saturated carbocycles. The molecule has 0 N–H and O–H groups in total. The summed E-state index contributed by atoms with van der Waals surface area (Å²) in [6, 6.07) is -0.140. The normalized spacial score (nSPS) is 31.8. The first-order chi connectivity index (χ1) is 8.76. The Hall–Kier alpha value is -0.570. The largest absolute Gasteiger partial charge is 0.459 e. The fourth-order valence-corrected chi connectivity index (χ4v) is 3.70. The van der Waals surface area contributed by atoms with Crippen molar-refractivity contribution in [3.05, 3.63) is 0 Å². The molecular weight excluding hydrogens is 238 g/mol. The Balaban J connectivity index is 1.82. The second kappa shape index (κ2) is 5.43. The van der Waals surface area contributed by atoms with Gasteiger partial charge in [0.2, 0.25) is 0 Å². The van der Waals surface area contributed by atoms with Crippen LogP contribution in [-0.2, 0) is 9.53 Å². The third-order valence-electron chi connectivity index (χ3n) is 4.82. The molecule has 2 aliphatic rings. The fraction of sp³-hybridized carbons (Fsp3) is 0.938. The second-order valence-electron chi connectivity index (χ2n) is 7.58. The van der Waals surface area contributed by atoms with E-state index in [0.29, 0.717) is 0 Å². The van der Waals surface area contributed by atoms with Crippen molar-refractivity contribution >= 4 is 5.97 Å². The molecule has 110 valence electrons. The lowest BCUT2D eigenvalue weighted by molar-refractivity contribution is -0.160. The van der Waals surface area contributed by atoms with Gasteiger partial charge in [-0.2, -0.15) is 0 Å². The van der Waals surface area contributed by atoms with Crippen molar-refractivity contribution in [3.63, 3.8) is 0 Å². The minimum atomic E-state index is -0.390. The van der Waals surface area contributed by atoms with Crippen LogP contribution in [0.5, 0.6) is 0 Å². The van der Waals surface area contributed by atoms with Crippen molar-refractivity contribution in [1.29, 1.82) is 0 Å². The second-order valence-corrected chi connectivity index (χ2v) is 7.58. The number of nitrogens with zero attached hydrogens (tertiary/aromatic N) is 1. The molecule has 0 aromatic carbocycles. The minimum absolute atomic E-state index is 0.0989. The van der Waals surface area contributed by atoms with Gasteiger partial charge in [0.15, 0.2) is 0 Å². The van der Waals surface area contributed by atoms with E-state index in [1.165, 1.54) is 25.7 Å². The minimum Gasteiger partial charge on any atom is -0.459 e. The van der Waals surface area contributed by atoms with Crippen LogP contribution in [0, 0.1) is 17.8 Å². The van der Waals surface area contributed by atoms with E-state index in [-0.39, 0.29) is 12.0 Å². The standard InChI is InChI=1S/C16H29NO2/c1-11(15(18)19-16(2,3)4)17(5)10-14-9-12-6-7-13(14)8-12/h11-14H,6-10H2,1-5H3. The highest BCUT2D eigenvalue weighted by Gasteiger charge is 2.40. The van der Waals surface area contributed by atoms with E-state index in [1.54, 1.807) is 0 Å². The van der Waals surface area contributed by atoms with Gasteiger partial charge in [0, 0.05) is 6.54 Å². The van der Waals surface area contributed by atoms with Crippen molar-refractivity contribution in [1.82, 2.24) is 4.90 Å². The van der Waals surface area contributed by atoms with Crippen LogP contribution in [0.25, 0.3) is 0 Å². The molecule has 0 aromatic rings. The smallest absolute Gasteiger partial charge is 0.323 e. The molecule has 2 bridgehead atoms. The van der Waals surface area contributed by atoms with Gasteiger partial charge in [-0.25, -0.2) is 0 Å². The summed E-state index contributed by atoms with van der Waals surface area (Å²) < 4.78 is 5.47. The number of hydrogen-bond acceptors (Lipinski definition) is 3. The number of carbonyl (C=O) groups is 1. The summed E-state index contributed by atoms with van der Waals surface area (Å²) >= 11 is 0. The number of rotatable bonds is 4. The summed E-state index contributed by atoms with van der Waals surface area (Å²) in [5.41, 5.74) is -0.390. The lowest BCUT2D eigenvalue weighted by Crippen LogP contribution is -2.43. The van der Waals surface area contributed by atoms with E-state index in [2.05, 4.69) is 11.9 Å². The van der Waals surface area contributed by atoms with Crippen molar-refractivity contribution < 1.29 is 9.53 Å². The number of carbonyl (C=O) groups excluding carboxylic acids is 1. The highest BCUT2D eigenvalue weighted by molar-refractivity contribution is 5.75. The van der Waals surface area contributed by atoms with Gasteiger partial charge in [-0.1, -0.05) is 6.42 Å². The van der Waals surface area contributed by atoms with Crippen LogP contribution >= 0.6 is 0 Å². The first kappa shape index (κ1) is 14.8. The molecule has 4 atom stereocenters. The Morgan fingerprint density at radius 2 is 2.00 bits per heavy atom. The van der Waals surface area contributed by atoms with E-state index in [0.717, 1.165) is 24.3 Å². The van der Waals surface area contributed by atoms with Crippen LogP contribution in [0.2, 0.25) is 0 Å². The van der Waals surface area contributed by atoms with Crippen molar-refractivity contribution in [2.45, 2.75) is 65.0 Å². The Bertz CT molecular complexity index is 334. The molecule has 0 spiro atoms. The van der Waals surface area contributed by atoms with E-state index in [4.69, 9.17) is 4.74 Å². The number of fused-ring (bicyclic) bond motifs is 2. The van der Waals surface area contributed by atoms with Gasteiger partial charge in [0.1, 0.15) is 11.6 Å². The molecule has 2 aliphatic carbocycles. The van der Waals surface area contributed by atoms with Crippen LogP contribution in [0.4, 0.5) is 0 Å². The fourth-order valence-electron chi connectivity index (χ4n) is 3.70. The Morgan fingerprint density at radius 3 is 2.47 bits per heavy atom. The zero-order valence-corrected chi connectivity index (χ0v) is 13.1. The predicted octanol–water partition coefficient (Wildman–Crippen LogP) is 3.08. The third-order valence-corrected chi connectivity index (χ3v) is 4.82. The molecule has 2 rings (SSSR count). The third kappa shape index (κ3) is 3.71. The zero-order valence-electron chi connectivity index (χ0n) is 13.1. The van der Waals surface area contributed by atoms with Gasteiger partial charge in [-0.05, 0) is 71.8 Å². The maximum Gasteiger partial charge on any atom is 0.323 e. The van der Waals surface area contributed by atoms with Gasteiger partial charge in [0.25, 0.3) is 0 Å². The van der Waals surface area contributed by atoms with Gasteiger partial charge >= 0.3 is 5.97 Å². The number of hydrogen-bond donors (Lipinski definition) is 0. The molecule has 0 radical (unpaired) electrons. The average Bonchev–Trinajstić information content (AvgIpc) is 2.87. The van der Waals surface area contributed by atoms with E-state index >= 15 is 0 Å². The average molecular weight is 267 g/mol. The molecular formula is C16H29NO2. The molecule has 0 heterocycles. The Kier molecular flexibility index (Phi) is 4.24. The Morgan fingerprint density at radius 1 is 1.32 bits per heavy atom. The summed E-state index contributed by atoms with van der Waals surface area (Å²) in [5.74, 6) is 2.59. The molecule has 3 heteroatoms. The number of esters is 1. The van der Waals surface area contributed by atoms with E-state index < -0.39 is 5.60 Å².